The number of aromatic nitrogens is 2. The first-order chi connectivity index (χ1) is 13.3. The summed E-state index contributed by atoms with van der Waals surface area (Å²) in [5.74, 6) is 0.405. The number of aliphatic imine (C=N–C) groups is 1. The lowest BCUT2D eigenvalue weighted by Gasteiger charge is -2.32. The highest BCUT2D eigenvalue weighted by molar-refractivity contribution is 6.05. The smallest absolute Gasteiger partial charge is 0.315 e. The van der Waals surface area contributed by atoms with Crippen molar-refractivity contribution in [3.05, 3.63) is 46.6 Å². The van der Waals surface area contributed by atoms with Gasteiger partial charge in [0.05, 0.1) is 11.8 Å². The molecular weight excluding hydrogens is 350 g/mol. The average molecular weight is 382 g/mol. The monoisotopic (exact) mass is 381 g/mol. The van der Waals surface area contributed by atoms with Crippen molar-refractivity contribution in [3.63, 3.8) is 0 Å². The Hall–Kier alpha value is -2.43. The van der Waals surface area contributed by atoms with Gasteiger partial charge in [-0.2, -0.15) is 5.10 Å². The van der Waals surface area contributed by atoms with Crippen molar-refractivity contribution in [2.45, 2.75) is 65.9 Å². The molecule has 0 N–H and O–H groups in total. The quantitative estimate of drug-likeness (QED) is 0.681. The van der Waals surface area contributed by atoms with Gasteiger partial charge in [-0.1, -0.05) is 45.0 Å². The minimum absolute atomic E-state index is 0.113. The van der Waals surface area contributed by atoms with Crippen molar-refractivity contribution in [3.8, 4) is 0 Å². The van der Waals surface area contributed by atoms with E-state index in [9.17, 15) is 4.79 Å². The van der Waals surface area contributed by atoms with Gasteiger partial charge < -0.3 is 4.74 Å². The summed E-state index contributed by atoms with van der Waals surface area (Å²) in [7, 11) is 1.91. The molecular formula is C23H31N3O2. The third kappa shape index (κ3) is 3.50. The van der Waals surface area contributed by atoms with Crippen molar-refractivity contribution in [2.24, 2.45) is 18.0 Å². The Morgan fingerprint density at radius 1 is 1.21 bits per heavy atom. The Labute approximate surface area is 167 Å². The van der Waals surface area contributed by atoms with Crippen molar-refractivity contribution in [1.29, 1.82) is 0 Å². The van der Waals surface area contributed by atoms with Crippen LogP contribution in [-0.4, -0.2) is 27.6 Å². The number of hydrogen-bond acceptors (Lipinski definition) is 4. The predicted octanol–water partition coefficient (Wildman–Crippen LogP) is 5.05. The summed E-state index contributed by atoms with van der Waals surface area (Å²) in [6.07, 6.45) is 0.677. The van der Waals surface area contributed by atoms with Gasteiger partial charge in [0.25, 0.3) is 0 Å². The van der Waals surface area contributed by atoms with E-state index >= 15 is 0 Å². The van der Waals surface area contributed by atoms with Gasteiger partial charge >= 0.3 is 5.97 Å². The van der Waals surface area contributed by atoms with Crippen LogP contribution in [0, 0.1) is 12.8 Å². The number of benzene rings is 1. The lowest BCUT2D eigenvalue weighted by Crippen LogP contribution is -2.35. The van der Waals surface area contributed by atoms with Crippen LogP contribution in [0.4, 0.5) is 5.82 Å². The lowest BCUT2D eigenvalue weighted by molar-refractivity contribution is -0.151. The van der Waals surface area contributed by atoms with Gasteiger partial charge in [-0.25, -0.2) is 4.99 Å². The fourth-order valence-electron chi connectivity index (χ4n) is 4.12. The van der Waals surface area contributed by atoms with Crippen LogP contribution in [0.1, 0.15) is 75.3 Å². The first kappa shape index (κ1) is 20.3. The highest BCUT2D eigenvalue weighted by Gasteiger charge is 2.42. The first-order valence-electron chi connectivity index (χ1n) is 10.1. The third-order valence-corrected chi connectivity index (χ3v) is 5.71. The largest absolute Gasteiger partial charge is 0.462 e. The highest BCUT2D eigenvalue weighted by atomic mass is 16.5. The van der Waals surface area contributed by atoms with Crippen LogP contribution in [0.3, 0.4) is 0 Å². The first-order valence-corrected chi connectivity index (χ1v) is 10.1. The summed E-state index contributed by atoms with van der Waals surface area (Å²) < 4.78 is 7.59. The number of hydrogen-bond donors (Lipinski definition) is 0. The Morgan fingerprint density at radius 2 is 1.89 bits per heavy atom. The molecule has 0 amide bonds. The van der Waals surface area contributed by atoms with Crippen LogP contribution in [0.2, 0.25) is 0 Å². The summed E-state index contributed by atoms with van der Waals surface area (Å²) in [5, 5.41) is 4.61. The zero-order chi connectivity index (χ0) is 20.6. The van der Waals surface area contributed by atoms with Gasteiger partial charge in [0.2, 0.25) is 0 Å². The summed E-state index contributed by atoms with van der Waals surface area (Å²) in [5.41, 5.74) is 5.14. The molecule has 5 heteroatoms. The Morgan fingerprint density at radius 3 is 2.54 bits per heavy atom. The number of esters is 1. The van der Waals surface area contributed by atoms with Crippen LogP contribution in [-0.2, 0) is 16.6 Å². The molecule has 0 spiro atoms. The van der Waals surface area contributed by atoms with Gasteiger partial charge in [-0.3, -0.25) is 9.48 Å². The SMILES string of the molecule is CCC(C)OC(=O)C1C(C)=Nc2c(c(C)nn2C)C1c1ccccc1C(C)C. The second-order valence-corrected chi connectivity index (χ2v) is 8.09. The van der Waals surface area contributed by atoms with Crippen LogP contribution >= 0.6 is 0 Å². The normalized spacial score (nSPS) is 19.9. The number of fused-ring (bicyclic) bond motifs is 1. The lowest BCUT2D eigenvalue weighted by atomic mass is 9.74. The van der Waals surface area contributed by atoms with E-state index in [4.69, 9.17) is 9.73 Å². The maximum atomic E-state index is 13.2. The number of aryl methyl sites for hydroxylation is 2. The van der Waals surface area contributed by atoms with Crippen LogP contribution in [0.5, 0.6) is 0 Å². The molecule has 28 heavy (non-hydrogen) atoms. The van der Waals surface area contributed by atoms with E-state index in [1.54, 1.807) is 0 Å². The standard InChI is InChI=1S/C23H31N3O2/c1-8-14(4)28-23(27)20-15(5)24-22-19(16(6)25-26(22)7)21(20)18-12-10-9-11-17(18)13(2)3/h9-14,20-21H,8H2,1-7H3. The molecule has 0 saturated carbocycles. The second kappa shape index (κ2) is 7.90. The van der Waals surface area contributed by atoms with Crippen LogP contribution in [0.15, 0.2) is 29.3 Å². The molecule has 2 heterocycles. The topological polar surface area (TPSA) is 56.5 Å². The molecule has 0 saturated heterocycles. The Balaban J connectivity index is 2.22. The molecule has 3 rings (SSSR count). The molecule has 0 bridgehead atoms. The van der Waals surface area contributed by atoms with Gasteiger partial charge in [-0.15, -0.1) is 0 Å². The summed E-state index contributed by atoms with van der Waals surface area (Å²) in [6, 6.07) is 8.40. The minimum atomic E-state index is -0.440. The zero-order valence-corrected chi connectivity index (χ0v) is 18.0. The molecule has 1 aliphatic rings. The highest BCUT2D eigenvalue weighted by Crippen LogP contribution is 2.46. The van der Waals surface area contributed by atoms with Gasteiger partial charge in [-0.05, 0) is 44.2 Å². The van der Waals surface area contributed by atoms with E-state index in [0.29, 0.717) is 5.92 Å². The zero-order valence-electron chi connectivity index (χ0n) is 18.0. The van der Waals surface area contributed by atoms with Gasteiger partial charge in [0.15, 0.2) is 5.82 Å². The molecule has 3 atom stereocenters. The van der Waals surface area contributed by atoms with Crippen molar-refractivity contribution in [2.75, 3.05) is 0 Å². The van der Waals surface area contributed by atoms with Crippen LogP contribution in [0.25, 0.3) is 0 Å². The average Bonchev–Trinajstić information content (AvgIpc) is 2.93. The van der Waals surface area contributed by atoms with Crippen LogP contribution < -0.4 is 0 Å². The number of carbonyl (C=O) groups excluding carboxylic acids is 1. The predicted molar refractivity (Wildman–Crippen MR) is 112 cm³/mol. The van der Waals surface area contributed by atoms with Crippen molar-refractivity contribution < 1.29 is 9.53 Å². The summed E-state index contributed by atoms with van der Waals surface area (Å²) in [4.78, 5) is 18.0. The van der Waals surface area contributed by atoms with E-state index in [1.165, 1.54) is 5.56 Å². The molecule has 1 aromatic heterocycles. The fourth-order valence-corrected chi connectivity index (χ4v) is 4.12. The number of carbonyl (C=O) groups is 1. The second-order valence-electron chi connectivity index (χ2n) is 8.09. The van der Waals surface area contributed by atoms with Gasteiger partial charge in [0, 0.05) is 24.2 Å². The maximum absolute atomic E-state index is 13.2. The van der Waals surface area contributed by atoms with E-state index in [0.717, 1.165) is 34.8 Å². The molecule has 3 unspecified atom stereocenters. The molecule has 150 valence electrons. The van der Waals surface area contributed by atoms with Gasteiger partial charge in [0.1, 0.15) is 5.92 Å². The third-order valence-electron chi connectivity index (χ3n) is 5.71. The Kier molecular flexibility index (Phi) is 5.73. The number of nitrogens with zero attached hydrogens (tertiary/aromatic N) is 3. The van der Waals surface area contributed by atoms with Crippen molar-refractivity contribution >= 4 is 17.5 Å². The minimum Gasteiger partial charge on any atom is -0.462 e. The number of rotatable bonds is 5. The maximum Gasteiger partial charge on any atom is 0.315 e. The molecule has 5 nitrogen and oxygen atoms in total. The molecule has 1 aliphatic heterocycles. The summed E-state index contributed by atoms with van der Waals surface area (Å²) >= 11 is 0. The number of ether oxygens (including phenoxy) is 1. The van der Waals surface area contributed by atoms with E-state index in [2.05, 4.69) is 37.1 Å². The fraction of sp³-hybridized carbons (Fsp3) is 0.522. The van der Waals surface area contributed by atoms with E-state index < -0.39 is 5.92 Å². The van der Waals surface area contributed by atoms with Crippen molar-refractivity contribution in [1.82, 2.24) is 9.78 Å². The van der Waals surface area contributed by atoms with E-state index in [-0.39, 0.29) is 18.0 Å². The summed E-state index contributed by atoms with van der Waals surface area (Å²) in [6.45, 7) is 12.3. The molecule has 1 aromatic carbocycles. The molecule has 0 fully saturated rings. The van der Waals surface area contributed by atoms with E-state index in [1.807, 2.05) is 45.5 Å². The molecule has 0 aliphatic carbocycles. The molecule has 0 radical (unpaired) electrons. The Bertz CT molecular complexity index is 911. The molecule has 2 aromatic rings.